The molecule has 1 saturated heterocycles. The summed E-state index contributed by atoms with van der Waals surface area (Å²) in [5.74, 6) is 1.90. The summed E-state index contributed by atoms with van der Waals surface area (Å²) in [4.78, 5) is 19.4. The normalized spacial score (nSPS) is 17.4. The van der Waals surface area contributed by atoms with Crippen molar-refractivity contribution in [2.75, 3.05) is 49.5 Å². The van der Waals surface area contributed by atoms with Gasteiger partial charge in [-0.25, -0.2) is 4.98 Å². The monoisotopic (exact) mass is 326 g/mol. The summed E-state index contributed by atoms with van der Waals surface area (Å²) in [6.45, 7) is 6.69. The molecule has 1 aromatic carbocycles. The van der Waals surface area contributed by atoms with Crippen molar-refractivity contribution in [1.29, 1.82) is 0 Å². The number of hydrogen-bond donors (Lipinski definition) is 1. The fourth-order valence-electron chi connectivity index (χ4n) is 3.12. The van der Waals surface area contributed by atoms with Crippen molar-refractivity contribution in [2.24, 2.45) is 0 Å². The Balaban J connectivity index is 1.22. The van der Waals surface area contributed by atoms with Crippen molar-refractivity contribution in [3.63, 3.8) is 0 Å². The number of aromatic nitrogens is 1. The van der Waals surface area contributed by atoms with E-state index in [9.17, 15) is 0 Å². The Morgan fingerprint density at radius 1 is 1.08 bits per heavy atom. The van der Waals surface area contributed by atoms with Crippen LogP contribution in [0.4, 0.5) is 11.5 Å². The van der Waals surface area contributed by atoms with Crippen LogP contribution in [0, 0.1) is 0 Å². The van der Waals surface area contributed by atoms with Crippen LogP contribution in [0.2, 0.25) is 0 Å². The molecule has 0 saturated carbocycles. The van der Waals surface area contributed by atoms with Gasteiger partial charge >= 0.3 is 0 Å². The van der Waals surface area contributed by atoms with Gasteiger partial charge in [0, 0.05) is 62.8 Å². The van der Waals surface area contributed by atoms with Crippen LogP contribution >= 0.6 is 0 Å². The predicted molar refractivity (Wildman–Crippen MR) is 93.2 cm³/mol. The Morgan fingerprint density at radius 3 is 2.83 bits per heavy atom. The maximum atomic E-state index is 5.13. The molecule has 0 radical (unpaired) electrons. The first-order valence-corrected chi connectivity index (χ1v) is 8.43. The van der Waals surface area contributed by atoms with Gasteiger partial charge in [-0.05, 0) is 18.2 Å². The maximum Gasteiger partial charge on any atom is 0.173 e. The molecule has 1 N–H and O–H groups in total. The van der Waals surface area contributed by atoms with E-state index in [4.69, 9.17) is 9.78 Å². The number of pyridine rings is 1. The number of piperazine rings is 1. The molecule has 0 spiro atoms. The summed E-state index contributed by atoms with van der Waals surface area (Å²) < 4.78 is 0. The average molecular weight is 326 g/mol. The molecule has 1 aromatic heterocycles. The third-order valence-electron chi connectivity index (χ3n) is 4.53. The zero-order valence-corrected chi connectivity index (χ0v) is 13.6. The van der Waals surface area contributed by atoms with Crippen molar-refractivity contribution in [3.8, 4) is 5.75 Å². The minimum absolute atomic E-state index is 0.538. The van der Waals surface area contributed by atoms with Gasteiger partial charge in [0.2, 0.25) is 0 Å². The lowest BCUT2D eigenvalue weighted by atomic mass is 10.2. The fourth-order valence-corrected chi connectivity index (χ4v) is 3.12. The third-order valence-corrected chi connectivity index (χ3v) is 4.53. The highest BCUT2D eigenvalue weighted by molar-refractivity contribution is 5.52. The SMILES string of the molecule is c1ccc(N2CCN(CCNc3ccc4c(c3)OOC4)CC2)nc1. The van der Waals surface area contributed by atoms with E-state index in [0.717, 1.165) is 62.1 Å². The number of hydrogen-bond acceptors (Lipinski definition) is 6. The highest BCUT2D eigenvalue weighted by Gasteiger charge is 2.17. The molecule has 0 amide bonds. The van der Waals surface area contributed by atoms with Gasteiger partial charge in [0.25, 0.3) is 0 Å². The highest BCUT2D eigenvalue weighted by atomic mass is 17.2. The first-order valence-electron chi connectivity index (χ1n) is 8.43. The van der Waals surface area contributed by atoms with Crippen molar-refractivity contribution >= 4 is 11.5 Å². The van der Waals surface area contributed by atoms with E-state index in [-0.39, 0.29) is 0 Å². The molecule has 6 heteroatoms. The summed E-state index contributed by atoms with van der Waals surface area (Å²) in [5.41, 5.74) is 2.18. The lowest BCUT2D eigenvalue weighted by molar-refractivity contribution is -0.194. The average Bonchev–Trinajstić information content (AvgIpc) is 3.11. The molecule has 3 heterocycles. The molecule has 0 aliphatic carbocycles. The highest BCUT2D eigenvalue weighted by Crippen LogP contribution is 2.28. The smallest absolute Gasteiger partial charge is 0.173 e. The molecular formula is C18H22N4O2. The van der Waals surface area contributed by atoms with E-state index >= 15 is 0 Å². The van der Waals surface area contributed by atoms with E-state index in [1.54, 1.807) is 0 Å². The van der Waals surface area contributed by atoms with Crippen LogP contribution in [0.25, 0.3) is 0 Å². The van der Waals surface area contributed by atoms with E-state index in [2.05, 4.69) is 38.3 Å². The molecule has 0 bridgehead atoms. The van der Waals surface area contributed by atoms with E-state index in [1.165, 1.54) is 0 Å². The lowest BCUT2D eigenvalue weighted by Gasteiger charge is -2.35. The van der Waals surface area contributed by atoms with E-state index < -0.39 is 0 Å². The minimum Gasteiger partial charge on any atom is -0.384 e. The number of nitrogens with one attached hydrogen (secondary N) is 1. The molecule has 24 heavy (non-hydrogen) atoms. The Morgan fingerprint density at radius 2 is 2.00 bits per heavy atom. The van der Waals surface area contributed by atoms with Crippen LogP contribution in [0.5, 0.6) is 5.75 Å². The number of nitrogens with zero attached hydrogens (tertiary/aromatic N) is 3. The molecule has 2 aliphatic rings. The van der Waals surface area contributed by atoms with Gasteiger partial charge in [-0.2, -0.15) is 4.89 Å². The lowest BCUT2D eigenvalue weighted by Crippen LogP contribution is -2.47. The fraction of sp³-hybridized carbons (Fsp3) is 0.389. The Bertz CT molecular complexity index is 672. The first-order chi connectivity index (χ1) is 11.9. The van der Waals surface area contributed by atoms with Gasteiger partial charge in [-0.15, -0.1) is 0 Å². The zero-order valence-electron chi connectivity index (χ0n) is 13.6. The van der Waals surface area contributed by atoms with Crippen molar-refractivity contribution < 1.29 is 9.78 Å². The van der Waals surface area contributed by atoms with Gasteiger partial charge in [-0.3, -0.25) is 4.90 Å². The van der Waals surface area contributed by atoms with Crippen molar-refractivity contribution in [2.45, 2.75) is 6.61 Å². The Labute approximate surface area is 141 Å². The second-order valence-electron chi connectivity index (χ2n) is 6.11. The van der Waals surface area contributed by atoms with Crippen LogP contribution in [-0.2, 0) is 11.5 Å². The maximum absolute atomic E-state index is 5.13. The second-order valence-corrected chi connectivity index (χ2v) is 6.11. The van der Waals surface area contributed by atoms with Crippen LogP contribution < -0.4 is 15.1 Å². The largest absolute Gasteiger partial charge is 0.384 e. The predicted octanol–water partition coefficient (Wildman–Crippen LogP) is 2.14. The number of anilines is 2. The number of fused-ring (bicyclic) bond motifs is 1. The number of rotatable bonds is 5. The summed E-state index contributed by atoms with van der Waals surface area (Å²) in [5, 5.41) is 3.46. The molecule has 2 aromatic rings. The Kier molecular flexibility index (Phi) is 4.49. The summed E-state index contributed by atoms with van der Waals surface area (Å²) in [6, 6.07) is 12.2. The van der Waals surface area contributed by atoms with Crippen LogP contribution in [0.1, 0.15) is 5.56 Å². The van der Waals surface area contributed by atoms with Gasteiger partial charge in [0.1, 0.15) is 12.4 Å². The van der Waals surface area contributed by atoms with E-state index in [0.29, 0.717) is 6.61 Å². The topological polar surface area (TPSA) is 49.9 Å². The van der Waals surface area contributed by atoms with Crippen LogP contribution in [-0.4, -0.2) is 49.2 Å². The van der Waals surface area contributed by atoms with Crippen LogP contribution in [0.3, 0.4) is 0 Å². The van der Waals surface area contributed by atoms with Crippen LogP contribution in [0.15, 0.2) is 42.6 Å². The van der Waals surface area contributed by atoms with Crippen molar-refractivity contribution in [1.82, 2.24) is 9.88 Å². The zero-order chi connectivity index (χ0) is 16.2. The molecule has 1 fully saturated rings. The molecule has 126 valence electrons. The first kappa shape index (κ1) is 15.2. The molecule has 0 unspecified atom stereocenters. The second kappa shape index (κ2) is 7.07. The summed E-state index contributed by atoms with van der Waals surface area (Å²) in [6.07, 6.45) is 1.86. The van der Waals surface area contributed by atoms with Gasteiger partial charge in [-0.1, -0.05) is 12.1 Å². The Hall–Kier alpha value is -2.31. The number of benzene rings is 1. The molecule has 4 rings (SSSR count). The molecular weight excluding hydrogens is 304 g/mol. The standard InChI is InChI=1S/C18H22N4O2/c1-2-6-20-18(3-1)22-11-9-21(10-12-22)8-7-19-16-5-4-15-14-23-24-17(15)13-16/h1-6,13,19H,7-12,14H2. The molecule has 0 atom stereocenters. The molecule has 2 aliphatic heterocycles. The summed E-state index contributed by atoms with van der Waals surface area (Å²) in [7, 11) is 0. The van der Waals surface area contributed by atoms with Gasteiger partial charge < -0.3 is 15.1 Å². The van der Waals surface area contributed by atoms with E-state index in [1.807, 2.05) is 24.4 Å². The van der Waals surface area contributed by atoms with Crippen molar-refractivity contribution in [3.05, 3.63) is 48.2 Å². The summed E-state index contributed by atoms with van der Waals surface area (Å²) >= 11 is 0. The van der Waals surface area contributed by atoms with Gasteiger partial charge in [0.15, 0.2) is 5.75 Å². The molecule has 6 nitrogen and oxygen atoms in total. The third kappa shape index (κ3) is 3.44. The quantitative estimate of drug-likeness (QED) is 0.850. The van der Waals surface area contributed by atoms with Gasteiger partial charge in [0.05, 0.1) is 0 Å². The minimum atomic E-state index is 0.538.